The van der Waals surface area contributed by atoms with E-state index in [0.29, 0.717) is 34.8 Å². The highest BCUT2D eigenvalue weighted by Gasteiger charge is 2.44. The van der Waals surface area contributed by atoms with E-state index in [1.165, 1.54) is 12.3 Å². The zero-order valence-corrected chi connectivity index (χ0v) is 23.3. The lowest BCUT2D eigenvalue weighted by Crippen LogP contribution is -2.36. The Morgan fingerprint density at radius 2 is 1.82 bits per heavy atom. The van der Waals surface area contributed by atoms with E-state index in [-0.39, 0.29) is 6.61 Å². The molecule has 1 aliphatic heterocycles. The van der Waals surface area contributed by atoms with Gasteiger partial charge >= 0.3 is 6.03 Å². The number of halogens is 2. The Bertz CT molecular complexity index is 1500. The number of aliphatic hydroxyl groups is 2. The largest absolute Gasteiger partial charge is 0.491 e. The quantitative estimate of drug-likeness (QED) is 0.150. The van der Waals surface area contributed by atoms with Crippen molar-refractivity contribution in [2.24, 2.45) is 0 Å². The number of aromatic nitrogens is 2. The normalized spacial score (nSPS) is 16.6. The number of H-pyrrole nitrogens is 1. The van der Waals surface area contributed by atoms with E-state index in [9.17, 15) is 19.1 Å². The third-order valence-electron chi connectivity index (χ3n) is 6.55. The van der Waals surface area contributed by atoms with Gasteiger partial charge in [0.05, 0.1) is 18.5 Å². The van der Waals surface area contributed by atoms with Gasteiger partial charge in [0.2, 0.25) is 0 Å². The van der Waals surface area contributed by atoms with Crippen LogP contribution >= 0.6 is 22.6 Å². The summed E-state index contributed by atoms with van der Waals surface area (Å²) in [5.41, 5.74) is 2.21. The second-order valence-electron chi connectivity index (χ2n) is 9.32. The Kier molecular flexibility index (Phi) is 8.43. The third kappa shape index (κ3) is 6.01. The molecule has 4 aromatic rings. The smallest absolute Gasteiger partial charge is 0.325 e. The standard InChI is InChI=1S/C29H26FIN4O5/c30-23-13-19(31)8-11-22(23)24-14-32-27(33-24)25(12-17-4-2-1-3-5-17)35-28(38)26(34-29(35)39)18-6-9-21(10-7-18)40-16-20(37)15-36/h1-11,13-14,20,25-26,36-37H,12,15-16H2,(H,32,33)(H,34,39)/t20-,25?,26-/m1/s1. The summed E-state index contributed by atoms with van der Waals surface area (Å²) in [5.74, 6) is -0.0614. The molecule has 0 saturated carbocycles. The van der Waals surface area contributed by atoms with Crippen LogP contribution in [0.5, 0.6) is 5.75 Å². The Morgan fingerprint density at radius 1 is 1.07 bits per heavy atom. The van der Waals surface area contributed by atoms with Gasteiger partial charge < -0.3 is 25.3 Å². The van der Waals surface area contributed by atoms with Gasteiger partial charge in [-0.2, -0.15) is 0 Å². The number of imidazole rings is 1. The molecule has 0 spiro atoms. The van der Waals surface area contributed by atoms with E-state index in [1.54, 1.807) is 36.4 Å². The number of benzene rings is 3. The summed E-state index contributed by atoms with van der Waals surface area (Å²) in [6.07, 6.45) is 0.797. The molecule has 3 atom stereocenters. The van der Waals surface area contributed by atoms with Crippen LogP contribution in [0.2, 0.25) is 0 Å². The van der Waals surface area contributed by atoms with Crippen molar-refractivity contribution < 1.29 is 28.9 Å². The lowest BCUT2D eigenvalue weighted by Gasteiger charge is -2.24. The molecule has 11 heteroatoms. The van der Waals surface area contributed by atoms with Crippen LogP contribution in [0.25, 0.3) is 11.3 Å². The summed E-state index contributed by atoms with van der Waals surface area (Å²) in [5, 5.41) is 21.2. The molecule has 1 saturated heterocycles. The van der Waals surface area contributed by atoms with Gasteiger partial charge in [-0.15, -0.1) is 0 Å². The number of nitrogens with one attached hydrogen (secondary N) is 2. The van der Waals surface area contributed by atoms with Crippen LogP contribution in [0.15, 0.2) is 79.0 Å². The van der Waals surface area contributed by atoms with Gasteiger partial charge in [0.1, 0.15) is 42.2 Å². The first kappa shape index (κ1) is 27.7. The Labute approximate surface area is 243 Å². The molecule has 206 valence electrons. The number of carbonyl (C=O) groups is 2. The number of nitrogens with zero attached hydrogens (tertiary/aromatic N) is 2. The Hall–Kier alpha value is -3.81. The van der Waals surface area contributed by atoms with Crippen LogP contribution in [-0.4, -0.2) is 56.3 Å². The highest BCUT2D eigenvalue weighted by atomic mass is 127. The number of ether oxygens (including phenoxy) is 1. The number of hydrogen-bond donors (Lipinski definition) is 4. The average Bonchev–Trinajstić information content (AvgIpc) is 3.55. The van der Waals surface area contributed by atoms with E-state index in [4.69, 9.17) is 9.84 Å². The molecule has 5 rings (SSSR count). The van der Waals surface area contributed by atoms with E-state index < -0.39 is 42.6 Å². The van der Waals surface area contributed by atoms with E-state index in [1.807, 2.05) is 52.9 Å². The van der Waals surface area contributed by atoms with Crippen molar-refractivity contribution in [3.8, 4) is 17.0 Å². The van der Waals surface area contributed by atoms with Crippen LogP contribution in [0, 0.1) is 9.39 Å². The fraction of sp³-hybridized carbons (Fsp3) is 0.207. The van der Waals surface area contributed by atoms with Crippen molar-refractivity contribution in [3.05, 3.63) is 105 Å². The zero-order valence-electron chi connectivity index (χ0n) is 21.1. The van der Waals surface area contributed by atoms with Crippen molar-refractivity contribution in [1.82, 2.24) is 20.2 Å². The minimum absolute atomic E-state index is 0.0822. The summed E-state index contributed by atoms with van der Waals surface area (Å²) in [7, 11) is 0. The molecule has 1 unspecified atom stereocenters. The van der Waals surface area contributed by atoms with Crippen molar-refractivity contribution in [1.29, 1.82) is 0 Å². The number of amides is 3. The van der Waals surface area contributed by atoms with Crippen molar-refractivity contribution in [3.63, 3.8) is 0 Å². The van der Waals surface area contributed by atoms with E-state index in [2.05, 4.69) is 15.3 Å². The van der Waals surface area contributed by atoms with Crippen LogP contribution in [0.3, 0.4) is 0 Å². The SMILES string of the molecule is O=C1N[C@H](c2ccc(OC[C@H](O)CO)cc2)C(=O)N1C(Cc1ccccc1)c1ncc(-c2ccc(I)cc2F)[nH]1. The topological polar surface area (TPSA) is 128 Å². The fourth-order valence-electron chi connectivity index (χ4n) is 4.51. The molecule has 3 aromatic carbocycles. The molecule has 9 nitrogen and oxygen atoms in total. The van der Waals surface area contributed by atoms with Gasteiger partial charge in [-0.25, -0.2) is 14.2 Å². The molecular formula is C29H26FIN4O5. The van der Waals surface area contributed by atoms with Crippen molar-refractivity contribution >= 4 is 34.5 Å². The predicted octanol–water partition coefficient (Wildman–Crippen LogP) is 4.13. The van der Waals surface area contributed by atoms with E-state index in [0.717, 1.165) is 14.0 Å². The van der Waals surface area contributed by atoms with Crippen LogP contribution in [-0.2, 0) is 11.2 Å². The molecular weight excluding hydrogens is 630 g/mol. The monoisotopic (exact) mass is 656 g/mol. The van der Waals surface area contributed by atoms with Gasteiger partial charge in [0, 0.05) is 15.6 Å². The van der Waals surface area contributed by atoms with Gasteiger partial charge in [-0.05, 0) is 64.0 Å². The average molecular weight is 656 g/mol. The van der Waals surface area contributed by atoms with Crippen LogP contribution < -0.4 is 10.1 Å². The number of aliphatic hydroxyl groups excluding tert-OH is 2. The summed E-state index contributed by atoms with van der Waals surface area (Å²) in [6, 6.07) is 18.6. The first-order valence-corrected chi connectivity index (χ1v) is 13.6. The minimum atomic E-state index is -1.00. The lowest BCUT2D eigenvalue weighted by atomic mass is 10.0. The summed E-state index contributed by atoms with van der Waals surface area (Å²) in [6.45, 7) is -0.501. The number of hydrogen-bond acceptors (Lipinski definition) is 6. The van der Waals surface area contributed by atoms with Gasteiger partial charge in [-0.3, -0.25) is 9.69 Å². The predicted molar refractivity (Wildman–Crippen MR) is 153 cm³/mol. The van der Waals surface area contributed by atoms with Gasteiger partial charge in [-0.1, -0.05) is 42.5 Å². The highest BCUT2D eigenvalue weighted by molar-refractivity contribution is 14.1. The first-order chi connectivity index (χ1) is 19.3. The summed E-state index contributed by atoms with van der Waals surface area (Å²) >= 11 is 2.04. The summed E-state index contributed by atoms with van der Waals surface area (Å²) < 4.78 is 20.9. The Balaban J connectivity index is 1.42. The molecule has 40 heavy (non-hydrogen) atoms. The van der Waals surface area contributed by atoms with Gasteiger partial charge in [0.15, 0.2) is 0 Å². The molecule has 0 radical (unpaired) electrons. The molecule has 4 N–H and O–H groups in total. The molecule has 3 amide bonds. The highest BCUT2D eigenvalue weighted by Crippen LogP contribution is 2.33. The second kappa shape index (κ2) is 12.1. The Morgan fingerprint density at radius 3 is 2.52 bits per heavy atom. The molecule has 0 aliphatic carbocycles. The number of urea groups is 1. The lowest BCUT2D eigenvalue weighted by molar-refractivity contribution is -0.129. The number of aromatic amines is 1. The molecule has 0 bridgehead atoms. The third-order valence-corrected chi connectivity index (χ3v) is 7.22. The minimum Gasteiger partial charge on any atom is -0.491 e. The maximum Gasteiger partial charge on any atom is 0.325 e. The number of carbonyl (C=O) groups excluding carboxylic acids is 2. The van der Waals surface area contributed by atoms with Crippen LogP contribution in [0.4, 0.5) is 9.18 Å². The van der Waals surface area contributed by atoms with Crippen molar-refractivity contribution in [2.45, 2.75) is 24.6 Å². The summed E-state index contributed by atoms with van der Waals surface area (Å²) in [4.78, 5) is 35.7. The number of rotatable bonds is 10. The molecule has 1 fully saturated rings. The van der Waals surface area contributed by atoms with Crippen LogP contribution in [0.1, 0.15) is 29.0 Å². The number of imide groups is 1. The maximum absolute atomic E-state index is 14.7. The van der Waals surface area contributed by atoms with Gasteiger partial charge in [0.25, 0.3) is 5.91 Å². The van der Waals surface area contributed by atoms with Crippen molar-refractivity contribution in [2.75, 3.05) is 13.2 Å². The molecule has 2 heterocycles. The second-order valence-corrected chi connectivity index (χ2v) is 10.6. The first-order valence-electron chi connectivity index (χ1n) is 12.5. The van der Waals surface area contributed by atoms with E-state index >= 15 is 0 Å². The zero-order chi connectivity index (χ0) is 28.2. The fourth-order valence-corrected chi connectivity index (χ4v) is 4.97. The molecule has 1 aliphatic rings. The molecule has 1 aromatic heterocycles. The maximum atomic E-state index is 14.7.